The predicted molar refractivity (Wildman–Crippen MR) is 97.2 cm³/mol. The van der Waals surface area contributed by atoms with Crippen molar-refractivity contribution in [3.05, 3.63) is 36.5 Å². The second kappa shape index (κ2) is 11.4. The molecule has 0 aliphatic heterocycles. The van der Waals surface area contributed by atoms with Gasteiger partial charge in [0.1, 0.15) is 0 Å². The highest BCUT2D eigenvalue weighted by Crippen LogP contribution is 2.15. The van der Waals surface area contributed by atoms with Crippen LogP contribution in [0.2, 0.25) is 0 Å². The van der Waals surface area contributed by atoms with Crippen LogP contribution < -0.4 is 10.6 Å². The number of nitrogens with zero attached hydrogens (tertiary/aromatic N) is 1. The van der Waals surface area contributed by atoms with E-state index in [1.54, 1.807) is 0 Å². The number of carbonyl (C=O) groups is 1. The lowest BCUT2D eigenvalue weighted by molar-refractivity contribution is -0.121. The summed E-state index contributed by atoms with van der Waals surface area (Å²) in [5.41, 5.74) is 1.26. The standard InChI is InChI=1S/C16H23N3O.2ClH/c1-17-10-4-8-16(20)18-11-5-12-19-13-9-14-6-2-3-7-15(14)19;;/h2-3,6-7,9,13,17H,4-5,8,10-12H2,1H3,(H,18,20);2*1H. The normalized spacial score (nSPS) is 9.86. The second-order valence-corrected chi connectivity index (χ2v) is 4.98. The average molecular weight is 346 g/mol. The van der Waals surface area contributed by atoms with Gasteiger partial charge in [-0.2, -0.15) is 0 Å². The van der Waals surface area contributed by atoms with Crippen LogP contribution in [0.5, 0.6) is 0 Å². The van der Waals surface area contributed by atoms with Crippen LogP contribution in [0.25, 0.3) is 10.9 Å². The number of aryl methyl sites for hydroxylation is 1. The maximum absolute atomic E-state index is 11.5. The van der Waals surface area contributed by atoms with E-state index in [9.17, 15) is 4.79 Å². The molecule has 0 aliphatic rings. The van der Waals surface area contributed by atoms with E-state index in [1.165, 1.54) is 10.9 Å². The molecule has 0 unspecified atom stereocenters. The molecule has 1 heterocycles. The zero-order valence-electron chi connectivity index (χ0n) is 12.9. The molecule has 0 fully saturated rings. The Hall–Kier alpha value is -1.23. The van der Waals surface area contributed by atoms with Crippen molar-refractivity contribution in [3.63, 3.8) is 0 Å². The maximum Gasteiger partial charge on any atom is 0.220 e. The van der Waals surface area contributed by atoms with Crippen molar-refractivity contribution < 1.29 is 4.79 Å². The SMILES string of the molecule is CNCCCC(=O)NCCCn1ccc2ccccc21.Cl.Cl. The van der Waals surface area contributed by atoms with E-state index in [-0.39, 0.29) is 30.7 Å². The lowest BCUT2D eigenvalue weighted by Crippen LogP contribution is -2.25. The van der Waals surface area contributed by atoms with Crippen molar-refractivity contribution in [2.24, 2.45) is 0 Å². The summed E-state index contributed by atoms with van der Waals surface area (Å²) in [6.07, 6.45) is 4.56. The minimum atomic E-state index is 0. The van der Waals surface area contributed by atoms with E-state index < -0.39 is 0 Å². The molecule has 124 valence electrons. The topological polar surface area (TPSA) is 46.1 Å². The maximum atomic E-state index is 11.5. The summed E-state index contributed by atoms with van der Waals surface area (Å²) in [6.45, 7) is 2.57. The fraction of sp³-hybridized carbons (Fsp3) is 0.438. The first kappa shape index (κ1) is 20.8. The minimum absolute atomic E-state index is 0. The Balaban J connectivity index is 0.00000220. The molecule has 6 heteroatoms. The number of benzene rings is 1. The largest absolute Gasteiger partial charge is 0.356 e. The molecular formula is C16H25Cl2N3O. The van der Waals surface area contributed by atoms with Gasteiger partial charge in [0.05, 0.1) is 0 Å². The molecule has 22 heavy (non-hydrogen) atoms. The first-order valence-corrected chi connectivity index (χ1v) is 7.26. The third-order valence-corrected chi connectivity index (χ3v) is 3.41. The van der Waals surface area contributed by atoms with Gasteiger partial charge in [-0.25, -0.2) is 0 Å². The van der Waals surface area contributed by atoms with Crippen LogP contribution in [0, 0.1) is 0 Å². The Kier molecular flexibility index (Phi) is 10.7. The van der Waals surface area contributed by atoms with Gasteiger partial charge in [-0.1, -0.05) is 18.2 Å². The highest BCUT2D eigenvalue weighted by Gasteiger charge is 2.01. The number of aromatic nitrogens is 1. The zero-order chi connectivity index (χ0) is 14.2. The van der Waals surface area contributed by atoms with Crippen LogP contribution in [0.15, 0.2) is 36.5 Å². The molecule has 4 nitrogen and oxygen atoms in total. The fourth-order valence-electron chi connectivity index (χ4n) is 2.33. The van der Waals surface area contributed by atoms with Gasteiger partial charge < -0.3 is 15.2 Å². The van der Waals surface area contributed by atoms with Crippen molar-refractivity contribution in [3.8, 4) is 0 Å². The third-order valence-electron chi connectivity index (χ3n) is 3.41. The van der Waals surface area contributed by atoms with Gasteiger partial charge in [0.25, 0.3) is 0 Å². The number of hydrogen-bond acceptors (Lipinski definition) is 2. The van der Waals surface area contributed by atoms with Gasteiger partial charge in [0, 0.05) is 31.2 Å². The number of carbonyl (C=O) groups excluding carboxylic acids is 1. The highest BCUT2D eigenvalue weighted by molar-refractivity contribution is 5.85. The molecule has 1 aromatic carbocycles. The van der Waals surface area contributed by atoms with Gasteiger partial charge in [-0.3, -0.25) is 4.79 Å². The summed E-state index contributed by atoms with van der Waals surface area (Å²) in [4.78, 5) is 11.5. The molecular weight excluding hydrogens is 321 g/mol. The molecule has 0 bridgehead atoms. The van der Waals surface area contributed by atoms with Crippen LogP contribution >= 0.6 is 24.8 Å². The number of para-hydroxylation sites is 1. The summed E-state index contributed by atoms with van der Waals surface area (Å²) < 4.78 is 2.24. The molecule has 1 aromatic heterocycles. The first-order chi connectivity index (χ1) is 9.81. The Morgan fingerprint density at radius 1 is 1.09 bits per heavy atom. The Morgan fingerprint density at radius 2 is 1.86 bits per heavy atom. The van der Waals surface area contributed by atoms with Crippen molar-refractivity contribution in [2.75, 3.05) is 20.1 Å². The highest BCUT2D eigenvalue weighted by atomic mass is 35.5. The van der Waals surface area contributed by atoms with Crippen LogP contribution in [-0.4, -0.2) is 30.6 Å². The van der Waals surface area contributed by atoms with E-state index in [4.69, 9.17) is 0 Å². The van der Waals surface area contributed by atoms with E-state index in [0.717, 1.165) is 32.5 Å². The Morgan fingerprint density at radius 3 is 2.64 bits per heavy atom. The first-order valence-electron chi connectivity index (χ1n) is 7.26. The molecule has 0 radical (unpaired) electrons. The number of rotatable bonds is 8. The van der Waals surface area contributed by atoms with Crippen LogP contribution in [0.4, 0.5) is 0 Å². The summed E-state index contributed by atoms with van der Waals surface area (Å²) in [5.74, 6) is 0.151. The molecule has 0 atom stereocenters. The van der Waals surface area contributed by atoms with Crippen molar-refractivity contribution in [2.45, 2.75) is 25.8 Å². The molecule has 0 spiro atoms. The Bertz CT molecular complexity index is 557. The van der Waals surface area contributed by atoms with E-state index in [0.29, 0.717) is 6.42 Å². The average Bonchev–Trinajstić information content (AvgIpc) is 2.87. The van der Waals surface area contributed by atoms with Gasteiger partial charge in [-0.15, -0.1) is 24.8 Å². The predicted octanol–water partition coefficient (Wildman–Crippen LogP) is 2.99. The van der Waals surface area contributed by atoms with E-state index in [1.807, 2.05) is 7.05 Å². The number of hydrogen-bond donors (Lipinski definition) is 2. The summed E-state index contributed by atoms with van der Waals surface area (Å²) in [7, 11) is 1.90. The smallest absolute Gasteiger partial charge is 0.220 e. The third kappa shape index (κ3) is 6.26. The molecule has 0 aliphatic carbocycles. The quantitative estimate of drug-likeness (QED) is 0.722. The minimum Gasteiger partial charge on any atom is -0.356 e. The van der Waals surface area contributed by atoms with Crippen LogP contribution in [0.1, 0.15) is 19.3 Å². The molecule has 2 aromatic rings. The van der Waals surface area contributed by atoms with Crippen LogP contribution in [-0.2, 0) is 11.3 Å². The molecule has 1 amide bonds. The molecule has 2 N–H and O–H groups in total. The van der Waals surface area contributed by atoms with Gasteiger partial charge in [0.2, 0.25) is 5.91 Å². The summed E-state index contributed by atoms with van der Waals surface area (Å²) >= 11 is 0. The molecule has 2 rings (SSSR count). The van der Waals surface area contributed by atoms with Gasteiger partial charge in [-0.05, 0) is 44.0 Å². The van der Waals surface area contributed by atoms with Crippen molar-refractivity contribution in [1.82, 2.24) is 15.2 Å². The van der Waals surface area contributed by atoms with E-state index in [2.05, 4.69) is 51.7 Å². The number of halogens is 2. The molecule has 0 saturated heterocycles. The fourth-order valence-corrected chi connectivity index (χ4v) is 2.33. The summed E-state index contributed by atoms with van der Waals surface area (Å²) in [5, 5.41) is 7.28. The number of amides is 1. The molecule has 0 saturated carbocycles. The van der Waals surface area contributed by atoms with E-state index >= 15 is 0 Å². The zero-order valence-corrected chi connectivity index (χ0v) is 14.5. The van der Waals surface area contributed by atoms with Gasteiger partial charge >= 0.3 is 0 Å². The number of nitrogens with one attached hydrogen (secondary N) is 2. The summed E-state index contributed by atoms with van der Waals surface area (Å²) in [6, 6.07) is 10.5. The lowest BCUT2D eigenvalue weighted by atomic mass is 10.2. The Labute approximate surface area is 144 Å². The number of fused-ring (bicyclic) bond motifs is 1. The van der Waals surface area contributed by atoms with Crippen molar-refractivity contribution >= 4 is 41.6 Å². The monoisotopic (exact) mass is 345 g/mol. The van der Waals surface area contributed by atoms with Crippen LogP contribution in [0.3, 0.4) is 0 Å². The van der Waals surface area contributed by atoms with Crippen molar-refractivity contribution in [1.29, 1.82) is 0 Å². The second-order valence-electron chi connectivity index (χ2n) is 4.98. The lowest BCUT2D eigenvalue weighted by Gasteiger charge is -2.07. The van der Waals surface area contributed by atoms with Gasteiger partial charge in [0.15, 0.2) is 0 Å².